The van der Waals surface area contributed by atoms with Gasteiger partial charge in [-0.05, 0) is 83.3 Å². The van der Waals surface area contributed by atoms with Gasteiger partial charge in [-0.25, -0.2) is 0 Å². The lowest BCUT2D eigenvalue weighted by atomic mass is 9.66. The predicted molar refractivity (Wildman–Crippen MR) is 136 cm³/mol. The van der Waals surface area contributed by atoms with E-state index in [1.165, 1.54) is 33.4 Å². The third-order valence-electron chi connectivity index (χ3n) is 7.15. The van der Waals surface area contributed by atoms with Crippen LogP contribution in [-0.2, 0) is 5.41 Å². The minimum Gasteiger partial charge on any atom is -0.496 e. The monoisotopic (exact) mass is 434 g/mol. The van der Waals surface area contributed by atoms with Crippen molar-refractivity contribution in [1.82, 2.24) is 0 Å². The van der Waals surface area contributed by atoms with Gasteiger partial charge in [0.2, 0.25) is 0 Å². The Hall–Kier alpha value is -3.52. The highest BCUT2D eigenvalue weighted by molar-refractivity contribution is 5.86. The topological polar surface area (TPSA) is 18.5 Å². The molecule has 0 spiro atoms. The van der Waals surface area contributed by atoms with Crippen molar-refractivity contribution < 1.29 is 9.47 Å². The van der Waals surface area contributed by atoms with Crippen LogP contribution in [0.5, 0.6) is 11.5 Å². The second kappa shape index (κ2) is 7.81. The highest BCUT2D eigenvalue weighted by atomic mass is 16.5. The fourth-order valence-electron chi connectivity index (χ4n) is 6.00. The van der Waals surface area contributed by atoms with E-state index in [0.717, 1.165) is 33.8 Å². The number of methoxy groups -OCH3 is 2. The zero-order valence-electron chi connectivity index (χ0n) is 20.2. The molecule has 4 aromatic rings. The van der Waals surface area contributed by atoms with E-state index in [0.29, 0.717) is 0 Å². The second-order valence-electron chi connectivity index (χ2n) is 9.13. The highest BCUT2D eigenvalue weighted by Gasteiger charge is 2.46. The van der Waals surface area contributed by atoms with Gasteiger partial charge in [0, 0.05) is 0 Å². The molecule has 1 aliphatic carbocycles. The molecule has 0 aliphatic heterocycles. The Bertz CT molecular complexity index is 1230. The summed E-state index contributed by atoms with van der Waals surface area (Å²) in [4.78, 5) is 0. The smallest absolute Gasteiger partial charge is 0.124 e. The molecule has 1 aliphatic rings. The molecule has 4 aromatic carbocycles. The summed E-state index contributed by atoms with van der Waals surface area (Å²) < 4.78 is 11.4. The van der Waals surface area contributed by atoms with Crippen LogP contribution in [0.3, 0.4) is 0 Å². The van der Waals surface area contributed by atoms with Crippen molar-refractivity contribution in [2.45, 2.75) is 33.1 Å². The van der Waals surface area contributed by atoms with E-state index in [9.17, 15) is 0 Å². The molecule has 0 atom stereocenters. The van der Waals surface area contributed by atoms with Gasteiger partial charge in [-0.2, -0.15) is 0 Å². The lowest BCUT2D eigenvalue weighted by molar-refractivity contribution is 0.408. The third kappa shape index (κ3) is 2.94. The molecule has 5 rings (SSSR count). The SMILES string of the molecule is COc1c(C)cc(C2(c3cc(C)c(OC)c(C)c3)c3ccccc3-c3ccccc32)cc1C. The summed E-state index contributed by atoms with van der Waals surface area (Å²) in [6.45, 7) is 8.56. The summed E-state index contributed by atoms with van der Waals surface area (Å²) in [6.07, 6.45) is 0. The maximum atomic E-state index is 5.72. The van der Waals surface area contributed by atoms with E-state index in [2.05, 4.69) is 100 Å². The number of benzene rings is 4. The van der Waals surface area contributed by atoms with E-state index >= 15 is 0 Å². The van der Waals surface area contributed by atoms with Crippen LogP contribution in [0, 0.1) is 27.7 Å². The van der Waals surface area contributed by atoms with Crippen LogP contribution in [0.2, 0.25) is 0 Å². The molecule has 0 radical (unpaired) electrons. The molecule has 0 bridgehead atoms. The van der Waals surface area contributed by atoms with Gasteiger partial charge in [0.25, 0.3) is 0 Å². The van der Waals surface area contributed by atoms with E-state index < -0.39 is 5.41 Å². The third-order valence-corrected chi connectivity index (χ3v) is 7.15. The van der Waals surface area contributed by atoms with Gasteiger partial charge < -0.3 is 9.47 Å². The van der Waals surface area contributed by atoms with Gasteiger partial charge in [-0.15, -0.1) is 0 Å². The number of aryl methyl sites for hydroxylation is 4. The number of hydrogen-bond acceptors (Lipinski definition) is 2. The molecule has 0 saturated carbocycles. The van der Waals surface area contributed by atoms with Crippen molar-refractivity contribution in [2.75, 3.05) is 14.2 Å². The predicted octanol–water partition coefficient (Wildman–Crippen LogP) is 7.30. The van der Waals surface area contributed by atoms with Crippen molar-refractivity contribution in [3.05, 3.63) is 117 Å². The molecule has 0 heterocycles. The van der Waals surface area contributed by atoms with Crippen LogP contribution < -0.4 is 9.47 Å². The molecule has 0 amide bonds. The second-order valence-corrected chi connectivity index (χ2v) is 9.13. The first-order valence-electron chi connectivity index (χ1n) is 11.4. The minimum atomic E-state index is -0.420. The summed E-state index contributed by atoms with van der Waals surface area (Å²) >= 11 is 0. The molecule has 0 aromatic heterocycles. The normalized spacial score (nSPS) is 13.4. The van der Waals surface area contributed by atoms with E-state index in [1.807, 2.05) is 0 Å². The summed E-state index contributed by atoms with van der Waals surface area (Å²) in [7, 11) is 3.50. The van der Waals surface area contributed by atoms with Gasteiger partial charge in [0.1, 0.15) is 11.5 Å². The molecule has 0 saturated heterocycles. The first-order chi connectivity index (χ1) is 15.9. The standard InChI is InChI=1S/C31H30O2/c1-19-15-23(16-20(2)29(19)32-5)31(24-17-21(3)30(33-6)22(4)18-24)27-13-9-7-11-25(27)26-12-8-10-14-28(26)31/h7-18H,1-6H3. The average molecular weight is 435 g/mol. The van der Waals surface area contributed by atoms with Crippen molar-refractivity contribution >= 4 is 0 Å². The van der Waals surface area contributed by atoms with Crippen molar-refractivity contribution in [2.24, 2.45) is 0 Å². The number of fused-ring (bicyclic) bond motifs is 3. The van der Waals surface area contributed by atoms with E-state index in [1.54, 1.807) is 14.2 Å². The fraction of sp³-hybridized carbons (Fsp3) is 0.226. The zero-order valence-corrected chi connectivity index (χ0v) is 20.2. The molecule has 33 heavy (non-hydrogen) atoms. The van der Waals surface area contributed by atoms with Crippen LogP contribution >= 0.6 is 0 Å². The Morgan fingerprint density at radius 1 is 0.515 bits per heavy atom. The molecule has 0 fully saturated rings. The van der Waals surface area contributed by atoms with Crippen molar-refractivity contribution in [1.29, 1.82) is 0 Å². The first-order valence-corrected chi connectivity index (χ1v) is 11.4. The van der Waals surface area contributed by atoms with Gasteiger partial charge in [0.05, 0.1) is 19.6 Å². The molecule has 2 nitrogen and oxygen atoms in total. The molecule has 166 valence electrons. The quantitative estimate of drug-likeness (QED) is 0.295. The van der Waals surface area contributed by atoms with Crippen LogP contribution in [-0.4, -0.2) is 14.2 Å². The van der Waals surface area contributed by atoms with Crippen molar-refractivity contribution in [3.8, 4) is 22.6 Å². The van der Waals surface area contributed by atoms with Gasteiger partial charge in [-0.1, -0.05) is 72.8 Å². The van der Waals surface area contributed by atoms with Crippen molar-refractivity contribution in [3.63, 3.8) is 0 Å². The zero-order chi connectivity index (χ0) is 23.3. The van der Waals surface area contributed by atoms with Crippen LogP contribution in [0.4, 0.5) is 0 Å². The number of ether oxygens (including phenoxy) is 2. The summed E-state index contributed by atoms with van der Waals surface area (Å²) in [5.74, 6) is 1.91. The maximum Gasteiger partial charge on any atom is 0.124 e. The van der Waals surface area contributed by atoms with Gasteiger partial charge >= 0.3 is 0 Å². The first kappa shape index (κ1) is 21.3. The molecule has 0 unspecified atom stereocenters. The summed E-state index contributed by atoms with van der Waals surface area (Å²) in [6, 6.07) is 26.9. The van der Waals surface area contributed by atoms with E-state index in [4.69, 9.17) is 9.47 Å². The Morgan fingerprint density at radius 2 is 0.848 bits per heavy atom. The lowest BCUT2D eigenvalue weighted by Crippen LogP contribution is -2.29. The summed E-state index contributed by atoms with van der Waals surface area (Å²) in [5.41, 5.74) is 11.9. The minimum absolute atomic E-state index is 0.420. The average Bonchev–Trinajstić information content (AvgIpc) is 3.10. The Kier molecular flexibility index (Phi) is 5.05. The summed E-state index contributed by atoms with van der Waals surface area (Å²) in [5, 5.41) is 0. The highest BCUT2D eigenvalue weighted by Crippen LogP contribution is 2.57. The number of hydrogen-bond donors (Lipinski definition) is 0. The van der Waals surface area contributed by atoms with Gasteiger partial charge in [-0.3, -0.25) is 0 Å². The molecular formula is C31H30O2. The largest absolute Gasteiger partial charge is 0.496 e. The Labute approximate surface area is 196 Å². The lowest BCUT2D eigenvalue weighted by Gasteiger charge is -2.35. The molecule has 0 N–H and O–H groups in total. The van der Waals surface area contributed by atoms with Crippen LogP contribution in [0.25, 0.3) is 11.1 Å². The Morgan fingerprint density at radius 3 is 1.18 bits per heavy atom. The molecule has 2 heteroatoms. The van der Waals surface area contributed by atoms with E-state index in [-0.39, 0.29) is 0 Å². The molecular weight excluding hydrogens is 404 g/mol. The Balaban J connectivity index is 1.97. The van der Waals surface area contributed by atoms with Gasteiger partial charge in [0.15, 0.2) is 0 Å². The van der Waals surface area contributed by atoms with Crippen LogP contribution in [0.15, 0.2) is 72.8 Å². The maximum absolute atomic E-state index is 5.72. The number of rotatable bonds is 4. The fourth-order valence-corrected chi connectivity index (χ4v) is 6.00. The van der Waals surface area contributed by atoms with Crippen LogP contribution in [0.1, 0.15) is 44.5 Å².